The van der Waals surface area contributed by atoms with E-state index in [0.717, 1.165) is 0 Å². The van der Waals surface area contributed by atoms with E-state index < -0.39 is 29.3 Å². The van der Waals surface area contributed by atoms with E-state index in [1.165, 1.54) is 47.6 Å². The topological polar surface area (TPSA) is 66.8 Å². The number of carbonyl (C=O) groups is 2. The van der Waals surface area contributed by atoms with Crippen molar-refractivity contribution < 1.29 is 23.8 Å². The van der Waals surface area contributed by atoms with Crippen LogP contribution in [0.5, 0.6) is 5.75 Å². The molecule has 0 fully saturated rings. The van der Waals surface area contributed by atoms with Crippen LogP contribution in [0.3, 0.4) is 0 Å². The minimum atomic E-state index is -0.877. The number of anilines is 1. The molecule has 4 rings (SSSR count). The van der Waals surface area contributed by atoms with Crippen molar-refractivity contribution in [3.8, 4) is 5.75 Å². The normalized spacial score (nSPS) is 16.4. The van der Waals surface area contributed by atoms with Crippen molar-refractivity contribution in [1.29, 1.82) is 0 Å². The quantitative estimate of drug-likeness (QED) is 0.622. The molecule has 146 valence electrons. The van der Waals surface area contributed by atoms with Gasteiger partial charge in [0.05, 0.1) is 23.6 Å². The fourth-order valence-electron chi connectivity index (χ4n) is 3.37. The van der Waals surface area contributed by atoms with E-state index in [4.69, 9.17) is 4.74 Å². The van der Waals surface area contributed by atoms with E-state index in [2.05, 4.69) is 0 Å². The highest BCUT2D eigenvalue weighted by molar-refractivity contribution is 7.12. The first-order valence-corrected chi connectivity index (χ1v) is 9.63. The average molecular weight is 409 g/mol. The number of ether oxygens (including phenoxy) is 1. The molecule has 3 aromatic rings. The van der Waals surface area contributed by atoms with Gasteiger partial charge in [0.25, 0.3) is 5.91 Å². The lowest BCUT2D eigenvalue weighted by molar-refractivity contribution is -0.117. The molecule has 0 spiro atoms. The number of carbonyl (C=O) groups excluding carboxylic acids is 2. The number of thiophene rings is 1. The van der Waals surface area contributed by atoms with Crippen molar-refractivity contribution in [2.24, 2.45) is 0 Å². The summed E-state index contributed by atoms with van der Waals surface area (Å²) in [6.45, 7) is 0. The van der Waals surface area contributed by atoms with Crippen LogP contribution in [0.4, 0.5) is 10.1 Å². The summed E-state index contributed by atoms with van der Waals surface area (Å²) in [4.78, 5) is 27.8. The summed E-state index contributed by atoms with van der Waals surface area (Å²) in [5.41, 5.74) is 0.936. The zero-order chi connectivity index (χ0) is 20.5. The fourth-order valence-corrected chi connectivity index (χ4v) is 4.05. The summed E-state index contributed by atoms with van der Waals surface area (Å²) in [5, 5.41) is 12.4. The van der Waals surface area contributed by atoms with Crippen molar-refractivity contribution in [3.05, 3.63) is 93.6 Å². The molecule has 2 heterocycles. The number of aliphatic hydroxyl groups is 1. The number of hydrogen-bond donors (Lipinski definition) is 1. The Bertz CT molecular complexity index is 1110. The summed E-state index contributed by atoms with van der Waals surface area (Å²) in [6.07, 6.45) is 0. The SMILES string of the molecule is COc1cccc(C2C(C(=O)c3cccs3)=C(O)C(=O)N2c2ccc(F)cc2)c1. The highest BCUT2D eigenvalue weighted by Gasteiger charge is 2.44. The van der Waals surface area contributed by atoms with Gasteiger partial charge in [-0.1, -0.05) is 18.2 Å². The molecule has 1 amide bonds. The number of nitrogens with zero attached hydrogens (tertiary/aromatic N) is 1. The molecular formula is C22H16FNO4S. The molecule has 0 aliphatic carbocycles. The van der Waals surface area contributed by atoms with Gasteiger partial charge in [-0.15, -0.1) is 11.3 Å². The molecule has 1 atom stereocenters. The van der Waals surface area contributed by atoms with Crippen LogP contribution in [-0.4, -0.2) is 23.9 Å². The predicted molar refractivity (Wildman–Crippen MR) is 108 cm³/mol. The van der Waals surface area contributed by atoms with Crippen molar-refractivity contribution in [2.75, 3.05) is 12.0 Å². The maximum atomic E-state index is 13.4. The number of amides is 1. The Morgan fingerprint density at radius 3 is 2.55 bits per heavy atom. The third-order valence-corrected chi connectivity index (χ3v) is 5.58. The third kappa shape index (κ3) is 3.30. The first kappa shape index (κ1) is 18.9. The minimum Gasteiger partial charge on any atom is -0.503 e. The molecule has 2 aromatic carbocycles. The number of rotatable bonds is 5. The Kier molecular flexibility index (Phi) is 4.90. The molecule has 0 saturated heterocycles. The van der Waals surface area contributed by atoms with Crippen LogP contribution in [0.15, 0.2) is 77.4 Å². The van der Waals surface area contributed by atoms with Gasteiger partial charge in [-0.05, 0) is 53.4 Å². The van der Waals surface area contributed by atoms with Crippen LogP contribution in [-0.2, 0) is 4.79 Å². The summed E-state index contributed by atoms with van der Waals surface area (Å²) >= 11 is 1.23. The van der Waals surface area contributed by atoms with Gasteiger partial charge in [-0.25, -0.2) is 4.39 Å². The number of methoxy groups -OCH3 is 1. The summed E-state index contributed by atoms with van der Waals surface area (Å²) < 4.78 is 18.7. The van der Waals surface area contributed by atoms with Crippen LogP contribution in [0, 0.1) is 5.82 Å². The van der Waals surface area contributed by atoms with E-state index in [9.17, 15) is 19.1 Å². The number of ketones is 1. The van der Waals surface area contributed by atoms with Gasteiger partial charge in [-0.3, -0.25) is 14.5 Å². The van der Waals surface area contributed by atoms with Crippen LogP contribution in [0.25, 0.3) is 0 Å². The summed E-state index contributed by atoms with van der Waals surface area (Å²) in [5.74, 6) is -1.66. The van der Waals surface area contributed by atoms with Crippen LogP contribution < -0.4 is 9.64 Å². The molecule has 0 radical (unpaired) electrons. The molecule has 7 heteroatoms. The van der Waals surface area contributed by atoms with E-state index >= 15 is 0 Å². The van der Waals surface area contributed by atoms with Crippen molar-refractivity contribution in [3.63, 3.8) is 0 Å². The summed E-state index contributed by atoms with van der Waals surface area (Å²) in [6, 6.07) is 14.7. The maximum absolute atomic E-state index is 13.4. The molecule has 1 unspecified atom stereocenters. The third-order valence-electron chi connectivity index (χ3n) is 4.71. The Hall–Kier alpha value is -3.45. The van der Waals surface area contributed by atoms with Gasteiger partial charge in [0.1, 0.15) is 11.6 Å². The molecule has 5 nitrogen and oxygen atoms in total. The number of hydrogen-bond acceptors (Lipinski definition) is 5. The minimum absolute atomic E-state index is 0.0185. The second-order valence-electron chi connectivity index (χ2n) is 6.40. The Morgan fingerprint density at radius 2 is 1.90 bits per heavy atom. The Labute approximate surface area is 170 Å². The molecular weight excluding hydrogens is 393 g/mol. The fraction of sp³-hybridized carbons (Fsp3) is 0.0909. The smallest absolute Gasteiger partial charge is 0.294 e. The molecule has 0 bridgehead atoms. The zero-order valence-corrected chi connectivity index (χ0v) is 16.2. The maximum Gasteiger partial charge on any atom is 0.294 e. The van der Waals surface area contributed by atoms with Crippen LogP contribution in [0.2, 0.25) is 0 Å². The second-order valence-corrected chi connectivity index (χ2v) is 7.35. The molecule has 1 aliphatic heterocycles. The molecule has 0 saturated carbocycles. The molecule has 1 aliphatic rings. The van der Waals surface area contributed by atoms with Gasteiger partial charge in [-0.2, -0.15) is 0 Å². The predicted octanol–water partition coefficient (Wildman–Crippen LogP) is 4.68. The van der Waals surface area contributed by atoms with E-state index in [1.54, 1.807) is 41.8 Å². The monoisotopic (exact) mass is 409 g/mol. The van der Waals surface area contributed by atoms with Gasteiger partial charge in [0.15, 0.2) is 5.76 Å². The van der Waals surface area contributed by atoms with Crippen molar-refractivity contribution in [2.45, 2.75) is 6.04 Å². The standard InChI is InChI=1S/C22H16FNO4S/c1-28-16-5-2-4-13(12-16)19-18(20(25)17-6-3-11-29-17)21(26)22(27)24(19)15-9-7-14(23)8-10-15/h2-12,19,26H,1H3. The lowest BCUT2D eigenvalue weighted by Gasteiger charge is -2.27. The lowest BCUT2D eigenvalue weighted by Crippen LogP contribution is -2.31. The number of benzene rings is 2. The van der Waals surface area contributed by atoms with Gasteiger partial charge >= 0.3 is 0 Å². The Morgan fingerprint density at radius 1 is 1.14 bits per heavy atom. The van der Waals surface area contributed by atoms with E-state index in [-0.39, 0.29) is 5.57 Å². The number of halogens is 1. The Balaban J connectivity index is 1.89. The largest absolute Gasteiger partial charge is 0.503 e. The average Bonchev–Trinajstić information content (AvgIpc) is 3.36. The van der Waals surface area contributed by atoms with E-state index in [0.29, 0.717) is 21.9 Å². The highest BCUT2D eigenvalue weighted by atomic mass is 32.1. The van der Waals surface area contributed by atoms with Crippen molar-refractivity contribution in [1.82, 2.24) is 0 Å². The number of Topliss-reactive ketones (excluding diaryl/α,β-unsaturated/α-hetero) is 1. The highest BCUT2D eigenvalue weighted by Crippen LogP contribution is 2.42. The molecule has 1 aromatic heterocycles. The van der Waals surface area contributed by atoms with E-state index in [1.807, 2.05) is 0 Å². The lowest BCUT2D eigenvalue weighted by atomic mass is 9.95. The van der Waals surface area contributed by atoms with Gasteiger partial charge < -0.3 is 9.84 Å². The van der Waals surface area contributed by atoms with Crippen LogP contribution >= 0.6 is 11.3 Å². The van der Waals surface area contributed by atoms with Gasteiger partial charge in [0.2, 0.25) is 5.78 Å². The van der Waals surface area contributed by atoms with Gasteiger partial charge in [0, 0.05) is 5.69 Å². The van der Waals surface area contributed by atoms with Crippen molar-refractivity contribution >= 4 is 28.7 Å². The first-order chi connectivity index (χ1) is 14.0. The number of aliphatic hydroxyl groups excluding tert-OH is 1. The molecule has 29 heavy (non-hydrogen) atoms. The second kappa shape index (κ2) is 7.52. The molecule has 1 N–H and O–H groups in total. The van der Waals surface area contributed by atoms with Crippen LogP contribution in [0.1, 0.15) is 21.3 Å². The summed E-state index contributed by atoms with van der Waals surface area (Å²) in [7, 11) is 1.52. The zero-order valence-electron chi connectivity index (χ0n) is 15.3. The first-order valence-electron chi connectivity index (χ1n) is 8.75.